The highest BCUT2D eigenvalue weighted by Gasteiger charge is 2.54. The Labute approximate surface area is 302 Å². The van der Waals surface area contributed by atoms with Crippen LogP contribution in [0.1, 0.15) is 73.6 Å². The van der Waals surface area contributed by atoms with E-state index in [1.165, 1.54) is 12.1 Å². The summed E-state index contributed by atoms with van der Waals surface area (Å²) in [6, 6.07) is 19.3. The Kier molecular flexibility index (Phi) is 9.35. The highest BCUT2D eigenvalue weighted by atomic mass is 19.1. The quantitative estimate of drug-likeness (QED) is 0.256. The molecule has 4 aromatic rings. The number of piperidine rings is 1. The van der Waals surface area contributed by atoms with Crippen LogP contribution in [0, 0.1) is 23.1 Å². The maximum atomic E-state index is 14.1. The Morgan fingerprint density at radius 2 is 1.58 bits per heavy atom. The summed E-state index contributed by atoms with van der Waals surface area (Å²) in [6.45, 7) is 0.00183. The van der Waals surface area contributed by atoms with Crippen LogP contribution in [0.3, 0.4) is 0 Å². The lowest BCUT2D eigenvalue weighted by Gasteiger charge is -2.37. The van der Waals surface area contributed by atoms with Crippen molar-refractivity contribution in [1.82, 2.24) is 40.6 Å². The fourth-order valence-electron chi connectivity index (χ4n) is 8.27. The molecule has 0 bridgehead atoms. The Morgan fingerprint density at radius 3 is 2.12 bits per heavy atom. The summed E-state index contributed by atoms with van der Waals surface area (Å²) in [5, 5.41) is 29.2. The van der Waals surface area contributed by atoms with Gasteiger partial charge in [-0.05, 0) is 109 Å². The first-order valence-corrected chi connectivity index (χ1v) is 17.6. The number of hydrogen-bond acceptors (Lipinski definition) is 8. The maximum Gasteiger partial charge on any atom is 0.253 e. The summed E-state index contributed by atoms with van der Waals surface area (Å²) in [4.78, 5) is 45.0. The van der Waals surface area contributed by atoms with Crippen molar-refractivity contribution < 1.29 is 18.8 Å². The molecule has 0 radical (unpaired) electrons. The van der Waals surface area contributed by atoms with Gasteiger partial charge in [-0.3, -0.25) is 14.4 Å². The molecule has 12 nitrogen and oxygen atoms in total. The fraction of sp³-hybridized carbons (Fsp3) is 0.410. The number of likely N-dealkylation sites (tertiary alicyclic amines) is 1. The number of halogens is 1. The number of amides is 3. The average Bonchev–Trinajstić information content (AvgIpc) is 3.51. The van der Waals surface area contributed by atoms with Gasteiger partial charge in [0.1, 0.15) is 11.9 Å². The Morgan fingerprint density at radius 1 is 0.962 bits per heavy atom. The molecule has 268 valence electrons. The molecule has 1 saturated carbocycles. The van der Waals surface area contributed by atoms with E-state index in [0.717, 1.165) is 34.2 Å². The van der Waals surface area contributed by atoms with Gasteiger partial charge in [0.05, 0.1) is 18.0 Å². The number of nitrogens with zero attached hydrogens (tertiary/aromatic N) is 7. The van der Waals surface area contributed by atoms with Crippen LogP contribution in [0.15, 0.2) is 60.7 Å². The molecule has 3 aromatic carbocycles. The standard InChI is InChI=1S/C39H42FN9O3/c1-47(2)36(51)26-9-13-32-24(16-26)7-8-25-17-27(37(52)48(3)4)10-14-33(25)39(32,38-43-45-46-44-38)20-30(15-23-5-11-29(40)12-6-23)42-22-35(50)49-31(21-41)18-28-19-34(28)49/h5-6,9-14,16-17,28,30-31,34,42H,7-8,15,18-20,22H2,1-4H3,(H,43,44,45,46)/t28-,30-,31+,34+/m1/s1. The Balaban J connectivity index is 1.37. The number of nitrogens with one attached hydrogen (secondary N) is 2. The number of hydrogen-bond donors (Lipinski definition) is 2. The zero-order chi connectivity index (χ0) is 36.7. The first kappa shape index (κ1) is 34.9. The first-order valence-electron chi connectivity index (χ1n) is 17.6. The Bertz CT molecular complexity index is 1970. The van der Waals surface area contributed by atoms with Crippen molar-refractivity contribution in [2.75, 3.05) is 34.7 Å². The molecule has 1 aromatic heterocycles. The Hall–Kier alpha value is -5.48. The van der Waals surface area contributed by atoms with E-state index in [9.17, 15) is 24.0 Å². The number of aromatic nitrogens is 4. The zero-order valence-corrected chi connectivity index (χ0v) is 29.8. The molecule has 3 aliphatic rings. The molecule has 13 heteroatoms. The molecule has 2 fully saturated rings. The summed E-state index contributed by atoms with van der Waals surface area (Å²) < 4.78 is 14.1. The molecule has 4 atom stereocenters. The van der Waals surface area contributed by atoms with Crippen molar-refractivity contribution in [1.29, 1.82) is 5.26 Å². The second-order valence-electron chi connectivity index (χ2n) is 14.6. The normalized spacial score (nSPS) is 20.1. The van der Waals surface area contributed by atoms with Crippen molar-refractivity contribution in [3.63, 3.8) is 0 Å². The van der Waals surface area contributed by atoms with Gasteiger partial charge in [-0.2, -0.15) is 10.5 Å². The second kappa shape index (κ2) is 13.9. The first-order chi connectivity index (χ1) is 25.0. The predicted molar refractivity (Wildman–Crippen MR) is 190 cm³/mol. The molecule has 2 N–H and O–H groups in total. The van der Waals surface area contributed by atoms with Gasteiger partial charge in [0.15, 0.2) is 5.82 Å². The van der Waals surface area contributed by atoms with E-state index >= 15 is 0 Å². The van der Waals surface area contributed by atoms with E-state index in [1.807, 2.05) is 36.4 Å². The molecule has 2 heterocycles. The number of rotatable bonds is 10. The minimum Gasteiger partial charge on any atom is -0.345 e. The molecule has 3 amide bonds. The topological polar surface area (TPSA) is 151 Å². The third-order valence-electron chi connectivity index (χ3n) is 10.9. The van der Waals surface area contributed by atoms with Crippen molar-refractivity contribution in [3.05, 3.63) is 111 Å². The SMILES string of the molecule is CN(C)C(=O)c1ccc2c(c1)CCc1cc(C(=O)N(C)C)ccc1C2(C[C@@H](Cc1ccc(F)cc1)NCC(=O)N1[C@H](C#N)C[C@@H]2C[C@@H]21)c1nn[nH]n1. The lowest BCUT2D eigenvalue weighted by atomic mass is 9.67. The summed E-state index contributed by atoms with van der Waals surface area (Å²) in [5.41, 5.74) is 4.53. The molecular weight excluding hydrogens is 661 g/mol. The summed E-state index contributed by atoms with van der Waals surface area (Å²) >= 11 is 0. The van der Waals surface area contributed by atoms with E-state index in [2.05, 4.69) is 32.0 Å². The van der Waals surface area contributed by atoms with Crippen LogP contribution in [0.25, 0.3) is 0 Å². The third kappa shape index (κ3) is 6.43. The van der Waals surface area contributed by atoms with Crippen LogP contribution < -0.4 is 5.32 Å². The zero-order valence-electron chi connectivity index (χ0n) is 29.8. The van der Waals surface area contributed by atoms with Crippen molar-refractivity contribution in [3.8, 4) is 6.07 Å². The number of aryl methyl sites for hydroxylation is 2. The van der Waals surface area contributed by atoms with Crippen molar-refractivity contribution in [2.24, 2.45) is 5.92 Å². The molecule has 7 rings (SSSR count). The van der Waals surface area contributed by atoms with E-state index in [-0.39, 0.29) is 36.1 Å². The third-order valence-corrected chi connectivity index (χ3v) is 10.9. The monoisotopic (exact) mass is 703 g/mol. The van der Waals surface area contributed by atoms with Crippen molar-refractivity contribution in [2.45, 2.75) is 62.1 Å². The van der Waals surface area contributed by atoms with Crippen molar-refractivity contribution >= 4 is 17.7 Å². The molecule has 2 aliphatic carbocycles. The average molecular weight is 704 g/mol. The van der Waals surface area contributed by atoms with Crippen LogP contribution >= 0.6 is 0 Å². The molecule has 0 spiro atoms. The van der Waals surface area contributed by atoms with Crippen LogP contribution in [-0.4, -0.2) is 106 Å². The lowest BCUT2D eigenvalue weighted by Crippen LogP contribution is -2.48. The maximum absolute atomic E-state index is 14.1. The van der Waals surface area contributed by atoms with Gasteiger partial charge in [-0.25, -0.2) is 4.39 Å². The number of carbonyl (C=O) groups excluding carboxylic acids is 3. The van der Waals surface area contributed by atoms with E-state index in [1.54, 1.807) is 55.0 Å². The second-order valence-corrected chi connectivity index (χ2v) is 14.6. The molecule has 0 unspecified atom stereocenters. The van der Waals surface area contributed by atoms with Gasteiger partial charge in [0.25, 0.3) is 11.8 Å². The highest BCUT2D eigenvalue weighted by molar-refractivity contribution is 5.95. The van der Waals surface area contributed by atoms with Gasteiger partial charge in [-0.15, -0.1) is 10.2 Å². The van der Waals surface area contributed by atoms with E-state index in [0.29, 0.717) is 55.0 Å². The lowest BCUT2D eigenvalue weighted by molar-refractivity contribution is -0.131. The van der Waals surface area contributed by atoms with Crippen LogP contribution in [-0.2, 0) is 29.5 Å². The van der Waals surface area contributed by atoms with Gasteiger partial charge >= 0.3 is 0 Å². The van der Waals surface area contributed by atoms with Crippen LogP contribution in [0.5, 0.6) is 0 Å². The highest BCUT2D eigenvalue weighted by Crippen LogP contribution is 2.49. The molecule has 1 aliphatic heterocycles. The predicted octanol–water partition coefficient (Wildman–Crippen LogP) is 3.28. The number of aromatic amines is 1. The number of fused-ring (bicyclic) bond motifs is 3. The molecular formula is C39H42FN9O3. The van der Waals surface area contributed by atoms with Gasteiger partial charge < -0.3 is 20.0 Å². The summed E-state index contributed by atoms with van der Waals surface area (Å²) in [7, 11) is 6.87. The number of nitriles is 1. The minimum absolute atomic E-state index is 0.00183. The van der Waals surface area contributed by atoms with E-state index in [4.69, 9.17) is 0 Å². The van der Waals surface area contributed by atoms with E-state index < -0.39 is 17.5 Å². The number of H-pyrrole nitrogens is 1. The largest absolute Gasteiger partial charge is 0.345 e. The summed E-state index contributed by atoms with van der Waals surface area (Å²) in [5.74, 6) is 0.0570. The minimum atomic E-state index is -1.06. The van der Waals surface area contributed by atoms with Crippen LogP contribution in [0.4, 0.5) is 4.39 Å². The summed E-state index contributed by atoms with van der Waals surface area (Å²) in [6.07, 6.45) is 3.56. The fourth-order valence-corrected chi connectivity index (χ4v) is 8.27. The number of carbonyl (C=O) groups is 3. The molecule has 1 saturated heterocycles. The van der Waals surface area contributed by atoms with Gasteiger partial charge in [0.2, 0.25) is 5.91 Å². The van der Waals surface area contributed by atoms with Gasteiger partial charge in [0, 0.05) is 51.4 Å². The van der Waals surface area contributed by atoms with Gasteiger partial charge in [-0.1, -0.05) is 29.5 Å². The molecule has 52 heavy (non-hydrogen) atoms. The smallest absolute Gasteiger partial charge is 0.253 e. The number of tetrazole rings is 1. The number of benzene rings is 3. The van der Waals surface area contributed by atoms with Crippen LogP contribution in [0.2, 0.25) is 0 Å².